The first kappa shape index (κ1) is 14.0. The Kier molecular flexibility index (Phi) is 4.78. The van der Waals surface area contributed by atoms with Gasteiger partial charge in [-0.1, -0.05) is 22.9 Å². The summed E-state index contributed by atoms with van der Waals surface area (Å²) in [4.78, 5) is 7.52. The van der Waals surface area contributed by atoms with Gasteiger partial charge in [0.05, 0.1) is 6.54 Å². The molecule has 1 fully saturated rings. The van der Waals surface area contributed by atoms with Crippen molar-refractivity contribution in [3.05, 3.63) is 12.2 Å². The summed E-state index contributed by atoms with van der Waals surface area (Å²) < 4.78 is 2.03. The Morgan fingerprint density at radius 2 is 2.00 bits per heavy atom. The number of piperidine rings is 1. The molecule has 1 atom stereocenters. The third-order valence-electron chi connectivity index (χ3n) is 3.78. The monoisotopic (exact) mass is 314 g/mol. The van der Waals surface area contributed by atoms with Crippen molar-refractivity contribution in [2.24, 2.45) is 5.92 Å². The van der Waals surface area contributed by atoms with Crippen LogP contribution < -0.4 is 0 Å². The molecule has 2 heterocycles. The summed E-state index contributed by atoms with van der Waals surface area (Å²) in [5, 5.41) is 4.30. The maximum absolute atomic E-state index is 4.39. The Morgan fingerprint density at radius 3 is 2.56 bits per heavy atom. The number of rotatable bonds is 4. The number of aromatic nitrogens is 3. The molecule has 0 aliphatic carbocycles. The molecular weight excluding hydrogens is 292 g/mol. The van der Waals surface area contributed by atoms with Crippen molar-refractivity contribution < 1.29 is 0 Å². The fourth-order valence-corrected chi connectivity index (χ4v) is 3.12. The normalized spacial score (nSPS) is 20.5. The van der Waals surface area contributed by atoms with Gasteiger partial charge in [0.25, 0.3) is 0 Å². The van der Waals surface area contributed by atoms with E-state index in [-0.39, 0.29) is 0 Å². The van der Waals surface area contributed by atoms with Crippen LogP contribution >= 0.6 is 15.9 Å². The van der Waals surface area contributed by atoms with Gasteiger partial charge in [0, 0.05) is 10.9 Å². The van der Waals surface area contributed by atoms with Gasteiger partial charge in [-0.2, -0.15) is 5.10 Å². The molecule has 102 valence electrons. The van der Waals surface area contributed by atoms with Crippen LogP contribution in [0.4, 0.5) is 0 Å². The number of alkyl halides is 1. The van der Waals surface area contributed by atoms with Crippen LogP contribution in [-0.4, -0.2) is 37.6 Å². The highest BCUT2D eigenvalue weighted by Gasteiger charge is 2.23. The minimum Gasteiger partial charge on any atom is -0.296 e. The van der Waals surface area contributed by atoms with Crippen molar-refractivity contribution in [1.82, 2.24) is 19.7 Å². The molecule has 1 aliphatic heterocycles. The molecule has 0 bridgehead atoms. The van der Waals surface area contributed by atoms with Crippen molar-refractivity contribution in [3.63, 3.8) is 0 Å². The van der Waals surface area contributed by atoms with Crippen LogP contribution in [0.25, 0.3) is 0 Å². The van der Waals surface area contributed by atoms with Gasteiger partial charge in [0.1, 0.15) is 12.2 Å². The predicted octanol–water partition coefficient (Wildman–Crippen LogP) is 2.85. The van der Waals surface area contributed by atoms with Gasteiger partial charge in [-0.25, -0.2) is 9.67 Å². The van der Waals surface area contributed by atoms with E-state index in [1.165, 1.54) is 25.9 Å². The second-order valence-electron chi connectivity index (χ2n) is 5.51. The van der Waals surface area contributed by atoms with E-state index < -0.39 is 0 Å². The minimum atomic E-state index is 0.391. The quantitative estimate of drug-likeness (QED) is 0.801. The average Bonchev–Trinajstić information content (AvgIpc) is 2.78. The zero-order valence-corrected chi connectivity index (χ0v) is 13.1. The standard InChI is InChI=1S/C13H23BrN4/c1-10(2)18-13(15-9-16-18)8-17-6-4-12(5-7-17)11(3)14/h9-12H,4-8H2,1-3H3. The summed E-state index contributed by atoms with van der Waals surface area (Å²) in [7, 11) is 0. The molecule has 1 aromatic heterocycles. The van der Waals surface area contributed by atoms with Crippen LogP contribution in [0.2, 0.25) is 0 Å². The van der Waals surface area contributed by atoms with E-state index in [1.807, 2.05) is 4.68 Å². The zero-order chi connectivity index (χ0) is 13.1. The van der Waals surface area contributed by atoms with Crippen LogP contribution in [0.15, 0.2) is 6.33 Å². The van der Waals surface area contributed by atoms with E-state index in [4.69, 9.17) is 0 Å². The molecule has 1 aromatic rings. The summed E-state index contributed by atoms with van der Waals surface area (Å²) in [6, 6.07) is 0.391. The number of nitrogens with zero attached hydrogens (tertiary/aromatic N) is 4. The van der Waals surface area contributed by atoms with Crippen LogP contribution in [0.5, 0.6) is 0 Å². The lowest BCUT2D eigenvalue weighted by Gasteiger charge is -2.33. The van der Waals surface area contributed by atoms with Crippen LogP contribution in [0.3, 0.4) is 0 Å². The average molecular weight is 315 g/mol. The Bertz CT molecular complexity index is 367. The van der Waals surface area contributed by atoms with Gasteiger partial charge >= 0.3 is 0 Å². The van der Waals surface area contributed by atoms with E-state index in [0.717, 1.165) is 18.3 Å². The highest BCUT2D eigenvalue weighted by molar-refractivity contribution is 9.09. The van der Waals surface area contributed by atoms with E-state index in [9.17, 15) is 0 Å². The van der Waals surface area contributed by atoms with Crippen molar-refractivity contribution >= 4 is 15.9 Å². The van der Waals surface area contributed by atoms with Crippen LogP contribution in [0.1, 0.15) is 45.5 Å². The highest BCUT2D eigenvalue weighted by atomic mass is 79.9. The Hall–Kier alpha value is -0.420. The summed E-state index contributed by atoms with van der Waals surface area (Å²) in [6.45, 7) is 9.84. The van der Waals surface area contributed by atoms with E-state index in [1.54, 1.807) is 6.33 Å². The Morgan fingerprint density at radius 1 is 1.33 bits per heavy atom. The fraction of sp³-hybridized carbons (Fsp3) is 0.846. The van der Waals surface area contributed by atoms with Crippen LogP contribution in [0, 0.1) is 5.92 Å². The maximum Gasteiger partial charge on any atom is 0.141 e. The second-order valence-corrected chi connectivity index (χ2v) is 6.95. The van der Waals surface area contributed by atoms with E-state index >= 15 is 0 Å². The Balaban J connectivity index is 1.90. The third-order valence-corrected chi connectivity index (χ3v) is 4.53. The molecule has 0 amide bonds. The third kappa shape index (κ3) is 3.32. The Labute approximate surface area is 118 Å². The number of hydrogen-bond acceptors (Lipinski definition) is 3. The van der Waals surface area contributed by atoms with Gasteiger partial charge in [-0.3, -0.25) is 4.90 Å². The highest BCUT2D eigenvalue weighted by Crippen LogP contribution is 2.25. The zero-order valence-electron chi connectivity index (χ0n) is 11.5. The van der Waals surface area contributed by atoms with Crippen molar-refractivity contribution in [1.29, 1.82) is 0 Å². The lowest BCUT2D eigenvalue weighted by atomic mass is 9.94. The summed E-state index contributed by atoms with van der Waals surface area (Å²) in [5.41, 5.74) is 0. The molecule has 1 saturated heterocycles. The van der Waals surface area contributed by atoms with Gasteiger partial charge in [-0.05, 0) is 45.7 Å². The molecule has 0 spiro atoms. The number of halogens is 1. The molecule has 0 N–H and O–H groups in total. The fourth-order valence-electron chi connectivity index (χ4n) is 2.59. The van der Waals surface area contributed by atoms with Gasteiger partial charge in [-0.15, -0.1) is 0 Å². The lowest BCUT2D eigenvalue weighted by Crippen LogP contribution is -2.36. The number of hydrogen-bond donors (Lipinski definition) is 0. The molecule has 1 aliphatic rings. The molecule has 0 saturated carbocycles. The van der Waals surface area contributed by atoms with Crippen molar-refractivity contribution in [2.75, 3.05) is 13.1 Å². The smallest absolute Gasteiger partial charge is 0.141 e. The van der Waals surface area contributed by atoms with Crippen molar-refractivity contribution in [3.8, 4) is 0 Å². The molecule has 5 heteroatoms. The molecule has 0 radical (unpaired) electrons. The molecule has 0 aromatic carbocycles. The maximum atomic E-state index is 4.39. The first-order valence-electron chi connectivity index (χ1n) is 6.82. The molecule has 18 heavy (non-hydrogen) atoms. The van der Waals surface area contributed by atoms with Gasteiger partial charge in [0.15, 0.2) is 0 Å². The first-order chi connectivity index (χ1) is 8.58. The molecule has 2 rings (SSSR count). The van der Waals surface area contributed by atoms with E-state index in [2.05, 4.69) is 51.7 Å². The number of likely N-dealkylation sites (tertiary alicyclic amines) is 1. The van der Waals surface area contributed by atoms with Crippen LogP contribution in [-0.2, 0) is 6.54 Å². The molecular formula is C13H23BrN4. The molecule has 4 nitrogen and oxygen atoms in total. The van der Waals surface area contributed by atoms with Gasteiger partial charge in [0.2, 0.25) is 0 Å². The first-order valence-corrected chi connectivity index (χ1v) is 7.74. The molecule has 1 unspecified atom stereocenters. The second kappa shape index (κ2) is 6.15. The predicted molar refractivity (Wildman–Crippen MR) is 76.8 cm³/mol. The largest absolute Gasteiger partial charge is 0.296 e. The lowest BCUT2D eigenvalue weighted by molar-refractivity contribution is 0.171. The summed E-state index contributed by atoms with van der Waals surface area (Å²) in [5.74, 6) is 1.92. The van der Waals surface area contributed by atoms with Gasteiger partial charge < -0.3 is 0 Å². The topological polar surface area (TPSA) is 34.0 Å². The van der Waals surface area contributed by atoms with E-state index in [0.29, 0.717) is 10.9 Å². The summed E-state index contributed by atoms with van der Waals surface area (Å²) >= 11 is 3.70. The summed E-state index contributed by atoms with van der Waals surface area (Å²) in [6.07, 6.45) is 4.23. The SMILES string of the molecule is CC(Br)C1CCN(Cc2ncnn2C(C)C)CC1. The minimum absolute atomic E-state index is 0.391. The van der Waals surface area contributed by atoms with Crippen molar-refractivity contribution in [2.45, 2.75) is 51.0 Å².